The van der Waals surface area contributed by atoms with Gasteiger partial charge in [0.15, 0.2) is 9.84 Å². The average Bonchev–Trinajstić information content (AvgIpc) is 3.47. The molecule has 0 spiro atoms. The van der Waals surface area contributed by atoms with Crippen LogP contribution < -0.4 is 0 Å². The van der Waals surface area contributed by atoms with Crippen molar-refractivity contribution in [2.45, 2.75) is 119 Å². The van der Waals surface area contributed by atoms with Gasteiger partial charge in [0.25, 0.3) is 0 Å². The van der Waals surface area contributed by atoms with Crippen LogP contribution in [0, 0.1) is 56.7 Å². The minimum Gasteiger partial charge on any atom is -0.478 e. The molecule has 0 radical (unpaired) electrons. The minimum atomic E-state index is -2.83. The molecule has 6 heteroatoms. The van der Waals surface area contributed by atoms with Crippen LogP contribution in [0.5, 0.6) is 0 Å². The summed E-state index contributed by atoms with van der Waals surface area (Å²) in [6.07, 6.45) is 22.7. The number of sulfone groups is 1. The van der Waals surface area contributed by atoms with E-state index in [4.69, 9.17) is 0 Å². The molecule has 1 heterocycles. The lowest BCUT2D eigenvalue weighted by atomic mass is 9.32. The van der Waals surface area contributed by atoms with Crippen LogP contribution in [0.1, 0.15) is 135 Å². The van der Waals surface area contributed by atoms with Crippen molar-refractivity contribution >= 4 is 21.4 Å². The van der Waals surface area contributed by atoms with E-state index >= 15 is 0 Å². The Morgan fingerprint density at radius 3 is 2.29 bits per heavy atom. The quantitative estimate of drug-likeness (QED) is 0.202. The number of aromatic carboxylic acids is 1. The number of carboxylic acid groups (broad SMARTS) is 1. The van der Waals surface area contributed by atoms with Crippen LogP contribution in [0.25, 0.3) is 5.57 Å². The first-order valence-electron chi connectivity index (χ1n) is 20.8. The molecule has 5 fully saturated rings. The van der Waals surface area contributed by atoms with Crippen molar-refractivity contribution in [3.8, 4) is 0 Å². The standard InChI is InChI=1S/C46H67NO4S/c1-32(2)35-18-24-46(21-10-8-9-11-27-47-28-30-52(50,51)31-29-47)26-25-44(6)37(40(35)46)16-17-39-43(5)22-19-36(33-12-14-34(15-13-33)41(48)49)42(3,4)38(43)20-23-45(39,44)7/h9,11-15,19,35,37-40H,1,8,10,16-18,20-31H2,2-7H3,(H,48,49)/b11-9+/t35-,37+,38-,39+,40+,43-,44+,45+,46+/m0/s1. The van der Waals surface area contributed by atoms with E-state index in [0.29, 0.717) is 64.2 Å². The third kappa shape index (κ3) is 6.13. The second kappa shape index (κ2) is 13.5. The molecule has 4 saturated carbocycles. The van der Waals surface area contributed by atoms with Crippen molar-refractivity contribution in [3.63, 3.8) is 0 Å². The fourth-order valence-corrected chi connectivity index (χ4v) is 15.7. The first-order chi connectivity index (χ1) is 24.5. The van der Waals surface area contributed by atoms with Crippen LogP contribution in [0.15, 0.2) is 54.6 Å². The average molecular weight is 730 g/mol. The molecule has 1 saturated heterocycles. The largest absolute Gasteiger partial charge is 0.478 e. The Morgan fingerprint density at radius 2 is 1.62 bits per heavy atom. The zero-order valence-corrected chi connectivity index (χ0v) is 34.0. The van der Waals surface area contributed by atoms with Crippen LogP contribution in [-0.2, 0) is 9.84 Å². The molecule has 7 rings (SSSR count). The first-order valence-corrected chi connectivity index (χ1v) is 22.6. The van der Waals surface area contributed by atoms with Crippen molar-refractivity contribution in [2.24, 2.45) is 56.7 Å². The summed E-state index contributed by atoms with van der Waals surface area (Å²) >= 11 is 0. The SMILES string of the molecule is C=C(C)[C@@H]1CC[C@]2(CCC/C=C/CN3CCS(=O)(=O)CC3)CC[C@]3(C)[C@H](CC[C@@H]4[C@@]5(C)CC=C(c6ccc(C(=O)O)cc6)C(C)(C)[C@@H]5CC[C@]43C)[C@@H]12. The molecule has 0 amide bonds. The van der Waals surface area contributed by atoms with Crippen LogP contribution in [0.4, 0.5) is 0 Å². The van der Waals surface area contributed by atoms with Crippen LogP contribution >= 0.6 is 0 Å². The van der Waals surface area contributed by atoms with Gasteiger partial charge in [-0.3, -0.25) is 4.90 Å². The highest BCUT2D eigenvalue weighted by molar-refractivity contribution is 7.91. The number of fused-ring (bicyclic) bond motifs is 7. The van der Waals surface area contributed by atoms with Crippen molar-refractivity contribution < 1.29 is 18.3 Å². The summed E-state index contributed by atoms with van der Waals surface area (Å²) in [6, 6.07) is 7.62. The van der Waals surface area contributed by atoms with E-state index in [1.54, 1.807) is 12.1 Å². The predicted octanol–water partition coefficient (Wildman–Crippen LogP) is 10.5. The number of benzene rings is 1. The predicted molar refractivity (Wildman–Crippen MR) is 214 cm³/mol. The minimum absolute atomic E-state index is 0.0257. The van der Waals surface area contributed by atoms with Crippen molar-refractivity contribution in [1.82, 2.24) is 4.90 Å². The summed E-state index contributed by atoms with van der Waals surface area (Å²) in [7, 11) is -2.83. The number of nitrogens with zero attached hydrogens (tertiary/aromatic N) is 1. The van der Waals surface area contributed by atoms with Gasteiger partial charge in [-0.2, -0.15) is 0 Å². The number of carbonyl (C=O) groups is 1. The lowest BCUT2D eigenvalue weighted by Gasteiger charge is -2.72. The van der Waals surface area contributed by atoms with Gasteiger partial charge in [-0.1, -0.05) is 77.1 Å². The van der Waals surface area contributed by atoms with E-state index in [9.17, 15) is 18.3 Å². The normalized spacial score (nSPS) is 41.0. The highest BCUT2D eigenvalue weighted by Gasteiger charge is 2.70. The second-order valence-corrected chi connectivity index (χ2v) is 22.1. The molecule has 1 aromatic rings. The van der Waals surface area contributed by atoms with E-state index in [1.807, 2.05) is 12.1 Å². The monoisotopic (exact) mass is 729 g/mol. The smallest absolute Gasteiger partial charge is 0.335 e. The molecule has 9 atom stereocenters. The van der Waals surface area contributed by atoms with Crippen molar-refractivity contribution in [1.29, 1.82) is 0 Å². The van der Waals surface area contributed by atoms with E-state index in [0.717, 1.165) is 31.2 Å². The maximum atomic E-state index is 11.8. The van der Waals surface area contributed by atoms with Crippen LogP contribution in [0.3, 0.4) is 0 Å². The molecule has 0 aromatic heterocycles. The number of hydrogen-bond acceptors (Lipinski definition) is 4. The summed E-state index contributed by atoms with van der Waals surface area (Å²) in [4.78, 5) is 13.8. The van der Waals surface area contributed by atoms with Gasteiger partial charge in [-0.05, 0) is 164 Å². The molecule has 52 heavy (non-hydrogen) atoms. The number of allylic oxidation sites excluding steroid dienone is 4. The Morgan fingerprint density at radius 1 is 0.904 bits per heavy atom. The maximum Gasteiger partial charge on any atom is 0.335 e. The zero-order chi connectivity index (χ0) is 37.3. The molecule has 1 N–H and O–H groups in total. The highest BCUT2D eigenvalue weighted by atomic mass is 32.2. The molecule has 1 aliphatic heterocycles. The molecule has 0 bridgehead atoms. The van der Waals surface area contributed by atoms with E-state index in [1.165, 1.54) is 80.9 Å². The van der Waals surface area contributed by atoms with Gasteiger partial charge in [0.05, 0.1) is 17.1 Å². The molecule has 1 aromatic carbocycles. The highest BCUT2D eigenvalue weighted by Crippen LogP contribution is 2.78. The van der Waals surface area contributed by atoms with Gasteiger partial charge in [0.1, 0.15) is 0 Å². The Balaban J connectivity index is 1.09. The lowest BCUT2D eigenvalue weighted by molar-refractivity contribution is -0.226. The molecular formula is C46H67NO4S. The second-order valence-electron chi connectivity index (χ2n) is 19.8. The molecule has 0 unspecified atom stereocenters. The Hall–Kier alpha value is -2.18. The molecule has 5 nitrogen and oxygen atoms in total. The third-order valence-corrected chi connectivity index (χ3v) is 18.9. The molecular weight excluding hydrogens is 663 g/mol. The van der Waals surface area contributed by atoms with Crippen LogP contribution in [-0.4, -0.2) is 55.5 Å². The number of unbranched alkanes of at least 4 members (excludes halogenated alkanes) is 1. The summed E-state index contributed by atoms with van der Waals surface area (Å²) in [5.74, 6) is 3.20. The van der Waals surface area contributed by atoms with Crippen molar-refractivity contribution in [3.05, 3.63) is 65.8 Å². The van der Waals surface area contributed by atoms with E-state index in [2.05, 4.69) is 71.2 Å². The van der Waals surface area contributed by atoms with Gasteiger partial charge in [-0.15, -0.1) is 0 Å². The van der Waals surface area contributed by atoms with Crippen LogP contribution in [0.2, 0.25) is 0 Å². The van der Waals surface area contributed by atoms with Gasteiger partial charge in [0.2, 0.25) is 0 Å². The molecule has 5 aliphatic carbocycles. The maximum absolute atomic E-state index is 11.8. The van der Waals surface area contributed by atoms with Gasteiger partial charge >= 0.3 is 5.97 Å². The number of rotatable bonds is 9. The molecule has 286 valence electrons. The molecule has 6 aliphatic rings. The Bertz CT molecular complexity index is 1710. The number of hydrogen-bond donors (Lipinski definition) is 1. The lowest BCUT2D eigenvalue weighted by Crippen LogP contribution is -2.65. The Kier molecular flexibility index (Phi) is 9.92. The fraction of sp³-hybridized carbons (Fsp3) is 0.717. The summed E-state index contributed by atoms with van der Waals surface area (Å²) in [5.41, 5.74) is 5.74. The van der Waals surface area contributed by atoms with Gasteiger partial charge < -0.3 is 5.11 Å². The first kappa shape index (κ1) is 38.1. The van der Waals surface area contributed by atoms with Gasteiger partial charge in [0, 0.05) is 19.6 Å². The van der Waals surface area contributed by atoms with Crippen molar-refractivity contribution in [2.75, 3.05) is 31.1 Å². The Labute approximate surface area is 315 Å². The summed E-state index contributed by atoms with van der Waals surface area (Å²) in [5, 5.41) is 9.50. The topological polar surface area (TPSA) is 74.7 Å². The fourth-order valence-electron chi connectivity index (χ4n) is 14.4. The zero-order valence-electron chi connectivity index (χ0n) is 33.2. The summed E-state index contributed by atoms with van der Waals surface area (Å²) < 4.78 is 23.6. The van der Waals surface area contributed by atoms with E-state index in [-0.39, 0.29) is 10.8 Å². The number of carboxylic acids is 1. The van der Waals surface area contributed by atoms with Gasteiger partial charge in [-0.25, -0.2) is 13.2 Å². The van der Waals surface area contributed by atoms with E-state index < -0.39 is 15.8 Å². The third-order valence-electron chi connectivity index (χ3n) is 17.3. The summed E-state index contributed by atoms with van der Waals surface area (Å²) in [6.45, 7) is 22.3.